The number of carbonyl (C=O) groups is 1. The lowest BCUT2D eigenvalue weighted by Gasteiger charge is -2.07. The van der Waals surface area contributed by atoms with Crippen LogP contribution in [0.15, 0.2) is 12.2 Å². The van der Waals surface area contributed by atoms with Crippen LogP contribution in [0.3, 0.4) is 0 Å². The van der Waals surface area contributed by atoms with Crippen molar-refractivity contribution >= 4 is 6.29 Å². The Morgan fingerprint density at radius 2 is 1.90 bits per heavy atom. The Labute approximate surface area is 62.1 Å². The zero-order valence-electron chi connectivity index (χ0n) is 6.25. The monoisotopic (exact) mass is 138 g/mol. The minimum Gasteiger partial charge on any atom is -0.303 e. The molecule has 0 radical (unpaired) electrons. The zero-order valence-corrected chi connectivity index (χ0v) is 6.25. The molecule has 0 atom stereocenters. The molecule has 0 amide bonds. The van der Waals surface area contributed by atoms with Crippen LogP contribution < -0.4 is 0 Å². The van der Waals surface area contributed by atoms with E-state index in [-0.39, 0.29) is 0 Å². The maximum atomic E-state index is 10.2. The van der Waals surface area contributed by atoms with Gasteiger partial charge >= 0.3 is 0 Å². The molecule has 0 heterocycles. The predicted molar refractivity (Wildman–Crippen MR) is 41.8 cm³/mol. The van der Waals surface area contributed by atoms with E-state index in [0.29, 0.717) is 5.92 Å². The van der Waals surface area contributed by atoms with Crippen molar-refractivity contribution in [3.63, 3.8) is 0 Å². The first-order chi connectivity index (χ1) is 4.93. The van der Waals surface area contributed by atoms with Crippen molar-refractivity contribution in [2.45, 2.75) is 32.1 Å². The number of aldehydes is 1. The van der Waals surface area contributed by atoms with Crippen LogP contribution >= 0.6 is 0 Å². The molecular formula is C9H14O. The average molecular weight is 138 g/mol. The van der Waals surface area contributed by atoms with Crippen molar-refractivity contribution in [3.05, 3.63) is 12.2 Å². The summed E-state index contributed by atoms with van der Waals surface area (Å²) in [6, 6.07) is 0. The molecule has 0 saturated heterocycles. The summed E-state index contributed by atoms with van der Waals surface area (Å²) in [6.45, 7) is 0. The third-order valence-electron chi connectivity index (χ3n) is 2.08. The zero-order chi connectivity index (χ0) is 7.23. The Morgan fingerprint density at radius 1 is 1.30 bits per heavy atom. The van der Waals surface area contributed by atoms with Crippen LogP contribution in [0.5, 0.6) is 0 Å². The van der Waals surface area contributed by atoms with Gasteiger partial charge in [-0.05, 0) is 31.6 Å². The lowest BCUT2D eigenvalue weighted by Crippen LogP contribution is -1.98. The first-order valence-corrected chi connectivity index (χ1v) is 4.02. The molecule has 10 heavy (non-hydrogen) atoms. The third kappa shape index (κ3) is 2.34. The highest BCUT2D eigenvalue weighted by Gasteiger charge is 2.07. The standard InChI is InChI=1S/C9H14O/c10-8-7-9-5-3-1-2-4-6-9/h1-2,8-9H,3-7H2. The van der Waals surface area contributed by atoms with Crippen LogP contribution in [0.4, 0.5) is 0 Å². The van der Waals surface area contributed by atoms with E-state index >= 15 is 0 Å². The van der Waals surface area contributed by atoms with E-state index in [0.717, 1.165) is 12.7 Å². The Morgan fingerprint density at radius 3 is 2.40 bits per heavy atom. The molecule has 0 saturated carbocycles. The van der Waals surface area contributed by atoms with Gasteiger partial charge in [-0.3, -0.25) is 0 Å². The highest BCUT2D eigenvalue weighted by atomic mass is 16.1. The van der Waals surface area contributed by atoms with E-state index in [2.05, 4.69) is 12.2 Å². The topological polar surface area (TPSA) is 17.1 Å². The summed E-state index contributed by atoms with van der Waals surface area (Å²) < 4.78 is 0. The lowest BCUT2D eigenvalue weighted by molar-refractivity contribution is -0.108. The van der Waals surface area contributed by atoms with Gasteiger partial charge in [0.25, 0.3) is 0 Å². The van der Waals surface area contributed by atoms with Crippen LogP contribution in [0.1, 0.15) is 32.1 Å². The molecule has 56 valence electrons. The summed E-state index contributed by atoms with van der Waals surface area (Å²) in [6.07, 6.45) is 11.0. The highest BCUT2D eigenvalue weighted by molar-refractivity contribution is 5.49. The Balaban J connectivity index is 2.26. The minimum atomic E-state index is 0.660. The van der Waals surface area contributed by atoms with Gasteiger partial charge in [0.05, 0.1) is 0 Å². The van der Waals surface area contributed by atoms with E-state index in [1.807, 2.05) is 0 Å². The van der Waals surface area contributed by atoms with E-state index in [4.69, 9.17) is 0 Å². The highest BCUT2D eigenvalue weighted by Crippen LogP contribution is 2.20. The maximum Gasteiger partial charge on any atom is 0.120 e. The van der Waals surface area contributed by atoms with Crippen molar-refractivity contribution in [2.24, 2.45) is 5.92 Å². The summed E-state index contributed by atoms with van der Waals surface area (Å²) >= 11 is 0. The number of hydrogen-bond acceptors (Lipinski definition) is 1. The average Bonchev–Trinajstić information content (AvgIpc) is 2.17. The van der Waals surface area contributed by atoms with E-state index in [1.54, 1.807) is 0 Å². The molecule has 0 bridgehead atoms. The van der Waals surface area contributed by atoms with Gasteiger partial charge in [0.1, 0.15) is 6.29 Å². The van der Waals surface area contributed by atoms with Gasteiger partial charge in [-0.2, -0.15) is 0 Å². The van der Waals surface area contributed by atoms with Crippen molar-refractivity contribution in [2.75, 3.05) is 0 Å². The summed E-state index contributed by atoms with van der Waals surface area (Å²) in [5, 5.41) is 0. The molecule has 0 fully saturated rings. The molecule has 1 rings (SSSR count). The fraction of sp³-hybridized carbons (Fsp3) is 0.667. The fourth-order valence-corrected chi connectivity index (χ4v) is 1.42. The molecule has 0 N–H and O–H groups in total. The molecule has 0 aromatic carbocycles. The smallest absolute Gasteiger partial charge is 0.120 e. The Bertz CT molecular complexity index is 117. The van der Waals surface area contributed by atoms with Gasteiger partial charge in [0, 0.05) is 6.42 Å². The number of carbonyl (C=O) groups excluding carboxylic acids is 1. The molecule has 0 unspecified atom stereocenters. The van der Waals surface area contributed by atoms with Gasteiger partial charge in [-0.1, -0.05) is 12.2 Å². The number of allylic oxidation sites excluding steroid dienone is 2. The Hall–Kier alpha value is -0.590. The summed E-state index contributed by atoms with van der Waals surface area (Å²) in [5.41, 5.74) is 0. The van der Waals surface area contributed by atoms with Crippen molar-refractivity contribution in [1.82, 2.24) is 0 Å². The second-order valence-corrected chi connectivity index (χ2v) is 2.89. The van der Waals surface area contributed by atoms with Crippen LogP contribution in [0, 0.1) is 5.92 Å². The van der Waals surface area contributed by atoms with Gasteiger partial charge < -0.3 is 4.79 Å². The second-order valence-electron chi connectivity index (χ2n) is 2.89. The Kier molecular flexibility index (Phi) is 3.20. The number of rotatable bonds is 2. The molecule has 1 aliphatic carbocycles. The first-order valence-electron chi connectivity index (χ1n) is 4.02. The molecular weight excluding hydrogens is 124 g/mol. The van der Waals surface area contributed by atoms with Crippen LogP contribution in [0.2, 0.25) is 0 Å². The quantitative estimate of drug-likeness (QED) is 0.423. The first kappa shape index (κ1) is 7.52. The normalized spacial score (nSPS) is 20.4. The van der Waals surface area contributed by atoms with Crippen LogP contribution in [-0.2, 0) is 4.79 Å². The van der Waals surface area contributed by atoms with Gasteiger partial charge in [0.2, 0.25) is 0 Å². The second kappa shape index (κ2) is 4.26. The van der Waals surface area contributed by atoms with E-state index in [9.17, 15) is 4.79 Å². The van der Waals surface area contributed by atoms with Gasteiger partial charge in [0.15, 0.2) is 0 Å². The molecule has 1 aliphatic rings. The van der Waals surface area contributed by atoms with Crippen molar-refractivity contribution in [1.29, 1.82) is 0 Å². The van der Waals surface area contributed by atoms with Gasteiger partial charge in [-0.25, -0.2) is 0 Å². The molecule has 0 aromatic heterocycles. The van der Waals surface area contributed by atoms with E-state index < -0.39 is 0 Å². The lowest BCUT2D eigenvalue weighted by atomic mass is 9.97. The van der Waals surface area contributed by atoms with Gasteiger partial charge in [-0.15, -0.1) is 0 Å². The third-order valence-corrected chi connectivity index (χ3v) is 2.08. The van der Waals surface area contributed by atoms with E-state index in [1.165, 1.54) is 25.7 Å². The number of hydrogen-bond donors (Lipinski definition) is 0. The summed E-state index contributed by atoms with van der Waals surface area (Å²) in [7, 11) is 0. The molecule has 0 aromatic rings. The molecule has 1 nitrogen and oxygen atoms in total. The molecule has 0 aliphatic heterocycles. The van der Waals surface area contributed by atoms with Crippen LogP contribution in [0.25, 0.3) is 0 Å². The van der Waals surface area contributed by atoms with Crippen molar-refractivity contribution < 1.29 is 4.79 Å². The molecule has 1 heteroatoms. The SMILES string of the molecule is O=CCC1CCC=CCC1. The minimum absolute atomic E-state index is 0.660. The van der Waals surface area contributed by atoms with Crippen molar-refractivity contribution in [3.8, 4) is 0 Å². The summed E-state index contributed by atoms with van der Waals surface area (Å²) in [5.74, 6) is 0.660. The fourth-order valence-electron chi connectivity index (χ4n) is 1.42. The molecule has 0 spiro atoms. The summed E-state index contributed by atoms with van der Waals surface area (Å²) in [4.78, 5) is 10.2. The maximum absolute atomic E-state index is 10.2. The predicted octanol–water partition coefficient (Wildman–Crippen LogP) is 2.32. The largest absolute Gasteiger partial charge is 0.303 e. The van der Waals surface area contributed by atoms with Crippen LogP contribution in [-0.4, -0.2) is 6.29 Å².